The van der Waals surface area contributed by atoms with Gasteiger partial charge >= 0.3 is 6.16 Å². The molecule has 0 saturated heterocycles. The van der Waals surface area contributed by atoms with Gasteiger partial charge in [0.05, 0.1) is 6.61 Å². The number of halogens is 1. The Morgan fingerprint density at radius 1 is 0.955 bits per heavy atom. The van der Waals surface area contributed by atoms with E-state index in [0.29, 0.717) is 17.9 Å². The molecule has 0 radical (unpaired) electrons. The first-order valence-electron chi connectivity index (χ1n) is 7.78. The van der Waals surface area contributed by atoms with E-state index in [1.165, 1.54) is 56.4 Å². The summed E-state index contributed by atoms with van der Waals surface area (Å²) in [5, 5.41) is -0.548. The number of carbonyl (C=O) groups excluding carboxylic acids is 2. The van der Waals surface area contributed by atoms with Gasteiger partial charge in [-0.15, -0.1) is 0 Å². The molecule has 1 aromatic carbocycles. The molecule has 0 spiro atoms. The van der Waals surface area contributed by atoms with E-state index < -0.39 is 11.4 Å². The number of ether oxygens (including phenoxy) is 2. The molecule has 1 aromatic rings. The second kappa shape index (κ2) is 11.1. The molecule has 1 rings (SSSR count). The van der Waals surface area contributed by atoms with Crippen LogP contribution in [0.4, 0.5) is 4.79 Å². The zero-order valence-corrected chi connectivity index (χ0v) is 13.7. The third-order valence-corrected chi connectivity index (χ3v) is 3.47. The Morgan fingerprint density at radius 3 is 2.14 bits per heavy atom. The van der Waals surface area contributed by atoms with Crippen molar-refractivity contribution in [3.8, 4) is 5.75 Å². The van der Waals surface area contributed by atoms with Crippen molar-refractivity contribution in [2.45, 2.75) is 51.9 Å². The van der Waals surface area contributed by atoms with E-state index in [1.54, 1.807) is 0 Å². The minimum atomic E-state index is -0.726. The Kier molecular flexibility index (Phi) is 9.31. The van der Waals surface area contributed by atoms with Crippen LogP contribution in [0, 0.1) is 0 Å². The zero-order chi connectivity index (χ0) is 16.2. The lowest BCUT2D eigenvalue weighted by molar-refractivity contribution is 0.0973. The predicted molar refractivity (Wildman–Crippen MR) is 86.6 cm³/mol. The Morgan fingerprint density at radius 2 is 1.55 bits per heavy atom. The highest BCUT2D eigenvalue weighted by molar-refractivity contribution is 6.67. The van der Waals surface area contributed by atoms with E-state index in [-0.39, 0.29) is 0 Å². The normalized spacial score (nSPS) is 10.3. The number of carbonyl (C=O) groups is 2. The number of rotatable bonds is 10. The number of unbranched alkanes of at least 4 members (excludes halogenated alkanes) is 6. The van der Waals surface area contributed by atoms with Gasteiger partial charge in [0.1, 0.15) is 5.75 Å². The number of hydrogen-bond acceptors (Lipinski definition) is 4. The summed E-state index contributed by atoms with van der Waals surface area (Å²) < 4.78 is 9.99. The second-order valence-corrected chi connectivity index (χ2v) is 5.46. The molecule has 22 heavy (non-hydrogen) atoms. The SMILES string of the molecule is CCCCCCCCCOC(=O)Oc1ccc(C(=O)Cl)cc1. The molecule has 5 heteroatoms. The van der Waals surface area contributed by atoms with Crippen LogP contribution in [0.2, 0.25) is 0 Å². The van der Waals surface area contributed by atoms with Gasteiger partial charge in [0.15, 0.2) is 0 Å². The van der Waals surface area contributed by atoms with Gasteiger partial charge in [0, 0.05) is 5.56 Å². The first-order valence-corrected chi connectivity index (χ1v) is 8.15. The molecule has 0 aliphatic heterocycles. The molecule has 0 bridgehead atoms. The van der Waals surface area contributed by atoms with E-state index >= 15 is 0 Å². The van der Waals surface area contributed by atoms with Gasteiger partial charge in [-0.05, 0) is 42.3 Å². The van der Waals surface area contributed by atoms with Crippen LogP contribution in [0.5, 0.6) is 5.75 Å². The average Bonchev–Trinajstić information content (AvgIpc) is 2.50. The smallest absolute Gasteiger partial charge is 0.434 e. The van der Waals surface area contributed by atoms with Crippen LogP contribution < -0.4 is 4.74 Å². The van der Waals surface area contributed by atoms with Gasteiger partial charge in [-0.2, -0.15) is 0 Å². The summed E-state index contributed by atoms with van der Waals surface area (Å²) in [6.45, 7) is 2.56. The summed E-state index contributed by atoms with van der Waals surface area (Å²) in [6, 6.07) is 6.00. The van der Waals surface area contributed by atoms with Gasteiger partial charge in [0.2, 0.25) is 0 Å². The van der Waals surface area contributed by atoms with Crippen molar-refractivity contribution < 1.29 is 19.1 Å². The summed E-state index contributed by atoms with van der Waals surface area (Å²) in [4.78, 5) is 22.4. The predicted octanol–water partition coefficient (Wildman–Crippen LogP) is 5.33. The molecular weight excluding hydrogens is 304 g/mol. The third-order valence-electron chi connectivity index (χ3n) is 3.25. The van der Waals surface area contributed by atoms with Crippen LogP contribution in [-0.2, 0) is 4.74 Å². The quantitative estimate of drug-likeness (QED) is 0.252. The van der Waals surface area contributed by atoms with Crippen molar-refractivity contribution in [1.29, 1.82) is 0 Å². The summed E-state index contributed by atoms with van der Waals surface area (Å²) in [5.74, 6) is 0.325. The summed E-state index contributed by atoms with van der Waals surface area (Å²) in [6.07, 6.45) is 7.41. The van der Waals surface area contributed by atoms with Crippen LogP contribution in [-0.4, -0.2) is 18.0 Å². The highest BCUT2D eigenvalue weighted by Gasteiger charge is 2.07. The molecule has 122 valence electrons. The third kappa shape index (κ3) is 8.03. The maximum atomic E-state index is 11.5. The molecule has 0 amide bonds. The summed E-state index contributed by atoms with van der Waals surface area (Å²) in [5.41, 5.74) is 0.352. The molecule has 0 aliphatic carbocycles. The Hall–Kier alpha value is -1.55. The monoisotopic (exact) mass is 326 g/mol. The van der Waals surface area contributed by atoms with Crippen LogP contribution in [0.3, 0.4) is 0 Å². The summed E-state index contributed by atoms with van der Waals surface area (Å²) >= 11 is 5.33. The maximum Gasteiger partial charge on any atom is 0.513 e. The van der Waals surface area contributed by atoms with Crippen LogP contribution >= 0.6 is 11.6 Å². The lowest BCUT2D eigenvalue weighted by atomic mass is 10.1. The molecule has 0 atom stereocenters. The average molecular weight is 327 g/mol. The first-order chi connectivity index (χ1) is 10.6. The minimum Gasteiger partial charge on any atom is -0.434 e. The molecule has 0 aliphatic rings. The lowest BCUT2D eigenvalue weighted by Crippen LogP contribution is -2.11. The van der Waals surface area contributed by atoms with E-state index in [9.17, 15) is 9.59 Å². The van der Waals surface area contributed by atoms with E-state index in [2.05, 4.69) is 6.92 Å². The fourth-order valence-electron chi connectivity index (χ4n) is 1.99. The zero-order valence-electron chi connectivity index (χ0n) is 13.0. The van der Waals surface area contributed by atoms with Gasteiger partial charge in [-0.3, -0.25) is 4.79 Å². The molecule has 0 heterocycles. The highest BCUT2D eigenvalue weighted by Crippen LogP contribution is 2.14. The largest absolute Gasteiger partial charge is 0.513 e. The standard InChI is InChI=1S/C17H23ClO4/c1-2-3-4-5-6-7-8-13-21-17(20)22-15-11-9-14(10-12-15)16(18)19/h9-12H,2-8,13H2,1H3. The molecular formula is C17H23ClO4. The van der Waals surface area contributed by atoms with Gasteiger partial charge in [0.25, 0.3) is 5.24 Å². The molecule has 0 aromatic heterocycles. The fraction of sp³-hybridized carbons (Fsp3) is 0.529. The van der Waals surface area contributed by atoms with E-state index in [4.69, 9.17) is 21.1 Å². The molecule has 0 saturated carbocycles. The van der Waals surface area contributed by atoms with Gasteiger partial charge in [-0.1, -0.05) is 45.4 Å². The Labute approximate surface area is 136 Å². The van der Waals surface area contributed by atoms with Crippen molar-refractivity contribution >= 4 is 23.0 Å². The van der Waals surface area contributed by atoms with Crippen molar-refractivity contribution in [2.75, 3.05) is 6.61 Å². The fourth-order valence-corrected chi connectivity index (χ4v) is 2.12. The van der Waals surface area contributed by atoms with E-state index in [0.717, 1.165) is 12.8 Å². The topological polar surface area (TPSA) is 52.6 Å². The van der Waals surface area contributed by atoms with Gasteiger partial charge in [-0.25, -0.2) is 4.79 Å². The van der Waals surface area contributed by atoms with Crippen molar-refractivity contribution in [3.05, 3.63) is 29.8 Å². The van der Waals surface area contributed by atoms with Crippen LogP contribution in [0.25, 0.3) is 0 Å². The second-order valence-electron chi connectivity index (χ2n) is 5.12. The Balaban J connectivity index is 2.12. The molecule has 0 fully saturated rings. The van der Waals surface area contributed by atoms with Crippen LogP contribution in [0.1, 0.15) is 62.2 Å². The lowest BCUT2D eigenvalue weighted by Gasteiger charge is -2.06. The van der Waals surface area contributed by atoms with Crippen molar-refractivity contribution in [2.24, 2.45) is 0 Å². The summed E-state index contributed by atoms with van der Waals surface area (Å²) in [7, 11) is 0. The Bertz CT molecular complexity index is 456. The van der Waals surface area contributed by atoms with E-state index in [1.807, 2.05) is 0 Å². The van der Waals surface area contributed by atoms with Crippen molar-refractivity contribution in [3.63, 3.8) is 0 Å². The highest BCUT2D eigenvalue weighted by atomic mass is 35.5. The maximum absolute atomic E-state index is 11.5. The number of hydrogen-bond donors (Lipinski definition) is 0. The van der Waals surface area contributed by atoms with Crippen molar-refractivity contribution in [1.82, 2.24) is 0 Å². The molecule has 0 unspecified atom stereocenters. The minimum absolute atomic E-state index is 0.325. The van der Waals surface area contributed by atoms with Crippen LogP contribution in [0.15, 0.2) is 24.3 Å². The van der Waals surface area contributed by atoms with Gasteiger partial charge < -0.3 is 9.47 Å². The number of benzene rings is 1. The first kappa shape index (κ1) is 18.5. The molecule has 0 N–H and O–H groups in total. The molecule has 4 nitrogen and oxygen atoms in total.